The average Bonchev–Trinajstić information content (AvgIpc) is 2.73. The third-order valence-corrected chi connectivity index (χ3v) is 4.44. The molecule has 1 aromatic heterocycles. The molecule has 0 saturated heterocycles. The fourth-order valence-electron chi connectivity index (χ4n) is 3.37. The molecule has 1 aromatic carbocycles. The summed E-state index contributed by atoms with van der Waals surface area (Å²) in [4.78, 5) is 0. The van der Waals surface area contributed by atoms with Gasteiger partial charge in [0.25, 0.3) is 0 Å². The van der Waals surface area contributed by atoms with E-state index in [0.29, 0.717) is 17.9 Å². The van der Waals surface area contributed by atoms with Crippen molar-refractivity contribution in [1.29, 1.82) is 0 Å². The van der Waals surface area contributed by atoms with Gasteiger partial charge in [-0.3, -0.25) is 4.68 Å². The molecule has 0 fully saturated rings. The van der Waals surface area contributed by atoms with Crippen LogP contribution in [0.25, 0.3) is 11.1 Å². The van der Waals surface area contributed by atoms with Crippen LogP contribution in [-0.2, 0) is 21.1 Å². The van der Waals surface area contributed by atoms with E-state index in [4.69, 9.17) is 5.10 Å². The van der Waals surface area contributed by atoms with Crippen LogP contribution in [0.4, 0.5) is 0 Å². The van der Waals surface area contributed by atoms with Gasteiger partial charge < -0.3 is 0 Å². The Morgan fingerprint density at radius 2 is 1.30 bits per heavy atom. The Balaban J connectivity index is 0.00000264. The standard InChI is InChI=1S/C20H30N2.Pt/c1-12(2)17-10-9-11-18(13(3)4)20(17)19-15(7)21-22(14(5)6)16(19)8;/h9-14H,1-8H3;. The summed E-state index contributed by atoms with van der Waals surface area (Å²) in [6.45, 7) is 17.8. The Labute approximate surface area is 155 Å². The second kappa shape index (κ2) is 7.79. The zero-order chi connectivity index (χ0) is 16.6. The van der Waals surface area contributed by atoms with E-state index in [-0.39, 0.29) is 21.1 Å². The molecule has 1 heterocycles. The molecule has 0 amide bonds. The van der Waals surface area contributed by atoms with Crippen LogP contribution in [0.1, 0.15) is 81.9 Å². The van der Waals surface area contributed by atoms with Gasteiger partial charge in [-0.15, -0.1) is 0 Å². The van der Waals surface area contributed by atoms with Gasteiger partial charge in [-0.25, -0.2) is 0 Å². The maximum atomic E-state index is 4.80. The molecule has 130 valence electrons. The van der Waals surface area contributed by atoms with Gasteiger partial charge in [0.05, 0.1) is 5.69 Å². The number of benzene rings is 1. The molecule has 0 aliphatic carbocycles. The summed E-state index contributed by atoms with van der Waals surface area (Å²) in [6, 6.07) is 7.14. The van der Waals surface area contributed by atoms with Crippen molar-refractivity contribution >= 4 is 0 Å². The van der Waals surface area contributed by atoms with Gasteiger partial charge in [-0.2, -0.15) is 5.10 Å². The molecule has 23 heavy (non-hydrogen) atoms. The van der Waals surface area contributed by atoms with Gasteiger partial charge in [-0.05, 0) is 56.2 Å². The Kier molecular flexibility index (Phi) is 6.83. The first-order valence-electron chi connectivity index (χ1n) is 8.44. The van der Waals surface area contributed by atoms with Crippen LogP contribution in [0.3, 0.4) is 0 Å². The quantitative estimate of drug-likeness (QED) is 0.512. The molecular weight excluding hydrogens is 463 g/mol. The topological polar surface area (TPSA) is 17.8 Å². The molecule has 0 atom stereocenters. The first-order chi connectivity index (χ1) is 10.3. The van der Waals surface area contributed by atoms with Crippen molar-refractivity contribution < 1.29 is 21.1 Å². The Hall–Kier alpha value is -0.882. The molecule has 0 saturated carbocycles. The number of aromatic nitrogens is 2. The molecule has 0 aliphatic heterocycles. The zero-order valence-electron chi connectivity index (χ0n) is 15.7. The van der Waals surface area contributed by atoms with E-state index in [9.17, 15) is 0 Å². The van der Waals surface area contributed by atoms with Gasteiger partial charge in [-0.1, -0.05) is 45.9 Å². The van der Waals surface area contributed by atoms with Crippen molar-refractivity contribution in [3.8, 4) is 11.1 Å². The van der Waals surface area contributed by atoms with E-state index in [0.717, 1.165) is 5.69 Å². The first-order valence-corrected chi connectivity index (χ1v) is 8.44. The predicted octanol–water partition coefficient (Wildman–Crippen LogP) is 5.99. The number of rotatable bonds is 4. The van der Waals surface area contributed by atoms with Crippen molar-refractivity contribution in [2.75, 3.05) is 0 Å². The van der Waals surface area contributed by atoms with E-state index >= 15 is 0 Å². The minimum absolute atomic E-state index is 0. The molecule has 0 aliphatic rings. The molecule has 0 N–H and O–H groups in total. The average molecular weight is 494 g/mol. The Bertz CT molecular complexity index is 640. The maximum absolute atomic E-state index is 4.80. The van der Waals surface area contributed by atoms with Crippen LogP contribution in [0.15, 0.2) is 18.2 Å². The minimum Gasteiger partial charge on any atom is -0.266 e. The summed E-state index contributed by atoms with van der Waals surface area (Å²) in [5.74, 6) is 1.02. The van der Waals surface area contributed by atoms with E-state index < -0.39 is 0 Å². The summed E-state index contributed by atoms with van der Waals surface area (Å²) in [5.41, 5.74) is 8.03. The largest absolute Gasteiger partial charge is 0.266 e. The molecule has 2 rings (SSSR count). The molecular formula is C20H30N2Pt. The van der Waals surface area contributed by atoms with Gasteiger partial charge in [0.1, 0.15) is 0 Å². The van der Waals surface area contributed by atoms with Crippen molar-refractivity contribution in [1.82, 2.24) is 9.78 Å². The van der Waals surface area contributed by atoms with Crippen LogP contribution in [0.2, 0.25) is 0 Å². The van der Waals surface area contributed by atoms with Crippen molar-refractivity contribution in [2.24, 2.45) is 0 Å². The summed E-state index contributed by atoms with van der Waals surface area (Å²) < 4.78 is 2.16. The molecule has 2 nitrogen and oxygen atoms in total. The smallest absolute Gasteiger partial charge is 0.0675 e. The normalized spacial score (nSPS) is 11.4. The number of aryl methyl sites for hydroxylation is 1. The molecule has 2 aromatic rings. The van der Waals surface area contributed by atoms with Crippen LogP contribution >= 0.6 is 0 Å². The predicted molar refractivity (Wildman–Crippen MR) is 95.7 cm³/mol. The van der Waals surface area contributed by atoms with Gasteiger partial charge in [0.2, 0.25) is 0 Å². The summed E-state index contributed by atoms with van der Waals surface area (Å²) in [7, 11) is 0. The summed E-state index contributed by atoms with van der Waals surface area (Å²) in [5, 5.41) is 4.80. The van der Waals surface area contributed by atoms with Crippen LogP contribution in [-0.4, -0.2) is 9.78 Å². The zero-order valence-corrected chi connectivity index (χ0v) is 17.9. The van der Waals surface area contributed by atoms with E-state index in [1.165, 1.54) is 27.9 Å². The third-order valence-electron chi connectivity index (χ3n) is 4.44. The minimum atomic E-state index is 0. The summed E-state index contributed by atoms with van der Waals surface area (Å²) in [6.07, 6.45) is 0. The first kappa shape index (κ1) is 20.2. The SMILES string of the molecule is Cc1nn(C(C)C)c(C)c1-c1c(C(C)C)cccc1C(C)C.[Pt]. The Morgan fingerprint density at radius 1 is 0.826 bits per heavy atom. The van der Waals surface area contributed by atoms with Crippen molar-refractivity contribution in [3.05, 3.63) is 40.7 Å². The third kappa shape index (κ3) is 3.79. The van der Waals surface area contributed by atoms with Gasteiger partial charge in [0.15, 0.2) is 0 Å². The summed E-state index contributed by atoms with van der Waals surface area (Å²) >= 11 is 0. The molecule has 0 spiro atoms. The van der Waals surface area contributed by atoms with Crippen LogP contribution < -0.4 is 0 Å². The van der Waals surface area contributed by atoms with E-state index in [2.05, 4.69) is 78.3 Å². The molecule has 3 heteroatoms. The van der Waals surface area contributed by atoms with E-state index in [1.54, 1.807) is 0 Å². The molecule has 0 radical (unpaired) electrons. The van der Waals surface area contributed by atoms with Gasteiger partial charge >= 0.3 is 0 Å². The maximum Gasteiger partial charge on any atom is 0.0675 e. The van der Waals surface area contributed by atoms with E-state index in [1.807, 2.05) is 0 Å². The number of nitrogens with zero attached hydrogens (tertiary/aromatic N) is 2. The molecule has 0 unspecified atom stereocenters. The van der Waals surface area contributed by atoms with Crippen LogP contribution in [0, 0.1) is 13.8 Å². The fraction of sp³-hybridized carbons (Fsp3) is 0.550. The molecule has 0 bridgehead atoms. The number of hydrogen-bond acceptors (Lipinski definition) is 1. The monoisotopic (exact) mass is 493 g/mol. The van der Waals surface area contributed by atoms with Crippen molar-refractivity contribution in [3.63, 3.8) is 0 Å². The fourth-order valence-corrected chi connectivity index (χ4v) is 3.37. The second-order valence-electron chi connectivity index (χ2n) is 7.21. The second-order valence-corrected chi connectivity index (χ2v) is 7.21. The number of hydrogen-bond donors (Lipinski definition) is 0. The van der Waals surface area contributed by atoms with Gasteiger partial charge in [0, 0.05) is 38.4 Å². The Morgan fingerprint density at radius 3 is 1.65 bits per heavy atom. The van der Waals surface area contributed by atoms with Crippen molar-refractivity contribution in [2.45, 2.75) is 73.3 Å². The van der Waals surface area contributed by atoms with Crippen LogP contribution in [0.5, 0.6) is 0 Å².